The molecule has 0 radical (unpaired) electrons. The summed E-state index contributed by atoms with van der Waals surface area (Å²) in [6.45, 7) is 6.70. The number of aromatic nitrogens is 4. The summed E-state index contributed by atoms with van der Waals surface area (Å²) in [5.74, 6) is 0.330. The lowest BCUT2D eigenvalue weighted by Gasteiger charge is -2.09. The number of aryl methyl sites for hydroxylation is 2. The molecule has 0 atom stereocenters. The van der Waals surface area contributed by atoms with Gasteiger partial charge in [-0.05, 0) is 72.1 Å². The Labute approximate surface area is 205 Å². The molecule has 2 aromatic heterocycles. The van der Waals surface area contributed by atoms with Crippen molar-refractivity contribution in [2.75, 3.05) is 5.32 Å². The number of hydrogen-bond acceptors (Lipinski definition) is 4. The van der Waals surface area contributed by atoms with Gasteiger partial charge in [-0.15, -0.1) is 0 Å². The number of ether oxygens (including phenoxy) is 1. The van der Waals surface area contributed by atoms with Crippen molar-refractivity contribution in [3.63, 3.8) is 0 Å². The molecule has 4 rings (SSSR count). The molecule has 0 saturated carbocycles. The Morgan fingerprint density at radius 3 is 2.67 bits per heavy atom. The normalized spacial score (nSPS) is 10.9. The molecular weight excluding hydrogens is 506 g/mol. The fraction of sp³-hybridized carbons (Fsp3) is 0.208. The molecule has 7 nitrogen and oxygen atoms in total. The highest BCUT2D eigenvalue weighted by molar-refractivity contribution is 9.10. The largest absolute Gasteiger partial charge is 0.470 e. The molecule has 9 heteroatoms. The molecule has 1 N–H and O–H groups in total. The Bertz CT molecular complexity index is 1310. The van der Waals surface area contributed by atoms with Gasteiger partial charge in [0.25, 0.3) is 5.91 Å². The van der Waals surface area contributed by atoms with Gasteiger partial charge in [0.2, 0.25) is 0 Å². The SMILES string of the molecule is Cc1ccccc1Cn1nc(C)c(NC(=O)c2ccn(COc3ccc(Cl)cc3Br)n2)c1C. The maximum absolute atomic E-state index is 12.8. The first kappa shape index (κ1) is 23.1. The van der Waals surface area contributed by atoms with Gasteiger partial charge < -0.3 is 10.1 Å². The van der Waals surface area contributed by atoms with Crippen molar-refractivity contribution in [3.8, 4) is 5.75 Å². The minimum absolute atomic E-state index is 0.153. The van der Waals surface area contributed by atoms with Gasteiger partial charge in [-0.1, -0.05) is 35.9 Å². The molecule has 2 aromatic carbocycles. The van der Waals surface area contributed by atoms with Gasteiger partial charge in [-0.2, -0.15) is 10.2 Å². The number of nitrogens with one attached hydrogen (secondary N) is 1. The Morgan fingerprint density at radius 2 is 1.91 bits per heavy atom. The van der Waals surface area contributed by atoms with E-state index in [0.717, 1.165) is 15.9 Å². The molecule has 0 unspecified atom stereocenters. The molecule has 0 saturated heterocycles. The lowest BCUT2D eigenvalue weighted by molar-refractivity contribution is 0.102. The summed E-state index contributed by atoms with van der Waals surface area (Å²) in [5.41, 5.74) is 5.02. The van der Waals surface area contributed by atoms with Crippen molar-refractivity contribution < 1.29 is 9.53 Å². The van der Waals surface area contributed by atoms with Crippen molar-refractivity contribution in [3.05, 3.63) is 92.4 Å². The van der Waals surface area contributed by atoms with Crippen LogP contribution in [0, 0.1) is 20.8 Å². The van der Waals surface area contributed by atoms with Crippen molar-refractivity contribution in [2.45, 2.75) is 34.0 Å². The van der Waals surface area contributed by atoms with Crippen LogP contribution in [0.25, 0.3) is 0 Å². The second-order valence-electron chi connectivity index (χ2n) is 7.67. The summed E-state index contributed by atoms with van der Waals surface area (Å²) in [4.78, 5) is 12.8. The van der Waals surface area contributed by atoms with Crippen LogP contribution < -0.4 is 10.1 Å². The molecule has 2 heterocycles. The number of hydrogen-bond donors (Lipinski definition) is 1. The Morgan fingerprint density at radius 1 is 1.12 bits per heavy atom. The average Bonchev–Trinajstić information content (AvgIpc) is 3.35. The zero-order chi connectivity index (χ0) is 23.5. The monoisotopic (exact) mass is 527 g/mol. The second-order valence-corrected chi connectivity index (χ2v) is 8.96. The van der Waals surface area contributed by atoms with E-state index in [1.165, 1.54) is 11.1 Å². The summed E-state index contributed by atoms with van der Waals surface area (Å²) in [6, 6.07) is 15.1. The van der Waals surface area contributed by atoms with Gasteiger partial charge in [-0.3, -0.25) is 9.48 Å². The summed E-state index contributed by atoms with van der Waals surface area (Å²) in [6.07, 6.45) is 1.69. The van der Waals surface area contributed by atoms with Crippen LogP contribution in [0.5, 0.6) is 5.75 Å². The van der Waals surface area contributed by atoms with Gasteiger partial charge in [0.05, 0.1) is 28.1 Å². The predicted molar refractivity (Wildman–Crippen MR) is 132 cm³/mol. The Kier molecular flexibility index (Phi) is 6.85. The molecule has 0 aliphatic carbocycles. The first-order chi connectivity index (χ1) is 15.8. The van der Waals surface area contributed by atoms with Crippen molar-refractivity contribution in [2.24, 2.45) is 0 Å². The number of carbonyl (C=O) groups is 1. The standard InChI is InChI=1S/C24H23BrClN5O2/c1-15-6-4-5-7-18(15)13-31-17(3)23(16(2)28-31)27-24(32)21-10-11-30(29-21)14-33-22-9-8-19(26)12-20(22)25/h4-12H,13-14H2,1-3H3,(H,27,32). The first-order valence-corrected chi connectivity index (χ1v) is 11.5. The smallest absolute Gasteiger partial charge is 0.276 e. The highest BCUT2D eigenvalue weighted by Crippen LogP contribution is 2.28. The molecule has 0 fully saturated rings. The summed E-state index contributed by atoms with van der Waals surface area (Å²) in [7, 11) is 0. The van der Waals surface area contributed by atoms with Crippen LogP contribution >= 0.6 is 27.5 Å². The molecular formula is C24H23BrClN5O2. The number of rotatable bonds is 7. The third kappa shape index (κ3) is 5.29. The fourth-order valence-electron chi connectivity index (χ4n) is 3.44. The lowest BCUT2D eigenvalue weighted by Crippen LogP contribution is -2.15. The van der Waals surface area contributed by atoms with Gasteiger partial charge in [0.1, 0.15) is 5.75 Å². The van der Waals surface area contributed by atoms with Crippen LogP contribution in [0.3, 0.4) is 0 Å². The van der Waals surface area contributed by atoms with Crippen LogP contribution in [0.2, 0.25) is 5.02 Å². The fourth-order valence-corrected chi connectivity index (χ4v) is 4.24. The molecule has 0 bridgehead atoms. The van der Waals surface area contributed by atoms with E-state index in [1.54, 1.807) is 35.1 Å². The molecule has 170 valence electrons. The molecule has 1 amide bonds. The zero-order valence-corrected chi connectivity index (χ0v) is 20.8. The van der Waals surface area contributed by atoms with Crippen molar-refractivity contribution in [1.29, 1.82) is 0 Å². The summed E-state index contributed by atoms with van der Waals surface area (Å²) >= 11 is 9.37. The van der Waals surface area contributed by atoms with E-state index in [4.69, 9.17) is 16.3 Å². The number of halogens is 2. The van der Waals surface area contributed by atoms with Gasteiger partial charge in [0, 0.05) is 11.2 Å². The van der Waals surface area contributed by atoms with E-state index in [0.29, 0.717) is 28.7 Å². The van der Waals surface area contributed by atoms with Crippen LogP contribution in [0.1, 0.15) is 33.0 Å². The van der Waals surface area contributed by atoms with E-state index < -0.39 is 0 Å². The minimum Gasteiger partial charge on any atom is -0.470 e. The summed E-state index contributed by atoms with van der Waals surface area (Å²) < 4.78 is 9.95. The molecule has 0 aliphatic rings. The number of carbonyl (C=O) groups excluding carboxylic acids is 1. The molecule has 4 aromatic rings. The maximum atomic E-state index is 12.8. The maximum Gasteiger partial charge on any atom is 0.276 e. The Hall–Kier alpha value is -3.10. The molecule has 0 aliphatic heterocycles. The topological polar surface area (TPSA) is 74.0 Å². The van der Waals surface area contributed by atoms with Gasteiger partial charge >= 0.3 is 0 Å². The first-order valence-electron chi connectivity index (χ1n) is 10.3. The van der Waals surface area contributed by atoms with E-state index in [1.807, 2.05) is 30.7 Å². The zero-order valence-electron chi connectivity index (χ0n) is 18.5. The van der Waals surface area contributed by atoms with Crippen LogP contribution in [0.4, 0.5) is 5.69 Å². The van der Waals surface area contributed by atoms with Crippen LogP contribution in [-0.2, 0) is 13.3 Å². The van der Waals surface area contributed by atoms with Crippen molar-refractivity contribution in [1.82, 2.24) is 19.6 Å². The van der Waals surface area contributed by atoms with Crippen LogP contribution in [0.15, 0.2) is 59.2 Å². The van der Waals surface area contributed by atoms with Crippen LogP contribution in [-0.4, -0.2) is 25.5 Å². The third-order valence-electron chi connectivity index (χ3n) is 5.32. The highest BCUT2D eigenvalue weighted by atomic mass is 79.9. The van der Waals surface area contributed by atoms with E-state index in [9.17, 15) is 4.79 Å². The average molecular weight is 529 g/mol. The van der Waals surface area contributed by atoms with E-state index in [2.05, 4.69) is 50.5 Å². The highest BCUT2D eigenvalue weighted by Gasteiger charge is 2.17. The quantitative estimate of drug-likeness (QED) is 0.331. The second kappa shape index (κ2) is 9.80. The molecule has 0 spiro atoms. The Balaban J connectivity index is 1.43. The number of anilines is 1. The minimum atomic E-state index is -0.303. The predicted octanol–water partition coefficient (Wildman–Crippen LogP) is 5.76. The lowest BCUT2D eigenvalue weighted by atomic mass is 10.1. The third-order valence-corrected chi connectivity index (χ3v) is 6.18. The number of benzene rings is 2. The molecule has 33 heavy (non-hydrogen) atoms. The number of nitrogens with zero attached hydrogens (tertiary/aromatic N) is 4. The summed E-state index contributed by atoms with van der Waals surface area (Å²) in [5, 5.41) is 12.5. The van der Waals surface area contributed by atoms with Crippen molar-refractivity contribution >= 4 is 39.1 Å². The van der Waals surface area contributed by atoms with Gasteiger partial charge in [0.15, 0.2) is 12.4 Å². The van der Waals surface area contributed by atoms with E-state index >= 15 is 0 Å². The van der Waals surface area contributed by atoms with E-state index in [-0.39, 0.29) is 12.6 Å². The van der Waals surface area contributed by atoms with Gasteiger partial charge in [-0.25, -0.2) is 4.68 Å². The number of amides is 1.